The molecule has 0 aliphatic carbocycles. The Morgan fingerprint density at radius 1 is 0.977 bits per heavy atom. The molecule has 1 fully saturated rings. The van der Waals surface area contributed by atoms with Crippen molar-refractivity contribution in [3.63, 3.8) is 0 Å². The Bertz CT molecular complexity index is 1390. The van der Waals surface area contributed by atoms with Gasteiger partial charge >= 0.3 is 12.4 Å². The minimum Gasteiger partial charge on any atom is -0.467 e. The van der Waals surface area contributed by atoms with E-state index in [1.165, 1.54) is 4.90 Å². The average molecular weight is 629 g/mol. The Morgan fingerprint density at radius 3 is 2.30 bits per heavy atom. The zero-order chi connectivity index (χ0) is 32.1. The second-order valence-corrected chi connectivity index (χ2v) is 10.7. The molecule has 1 atom stereocenters. The molecule has 1 aromatic heterocycles. The highest BCUT2D eigenvalue weighted by Crippen LogP contribution is 2.37. The number of aryl methyl sites for hydroxylation is 2. The molecule has 240 valence electrons. The van der Waals surface area contributed by atoms with Crippen LogP contribution in [0.15, 0.2) is 48.8 Å². The Labute approximate surface area is 251 Å². The van der Waals surface area contributed by atoms with E-state index < -0.39 is 41.0 Å². The van der Waals surface area contributed by atoms with Gasteiger partial charge < -0.3 is 19.1 Å². The predicted molar refractivity (Wildman–Crippen MR) is 148 cm³/mol. The molecule has 0 saturated carbocycles. The highest BCUT2D eigenvalue weighted by Gasteiger charge is 2.39. The van der Waals surface area contributed by atoms with Crippen molar-refractivity contribution in [1.29, 1.82) is 0 Å². The number of hydrogen-bond acceptors (Lipinski definition) is 6. The molecule has 0 bridgehead atoms. The first-order valence-corrected chi connectivity index (χ1v) is 13.8. The van der Waals surface area contributed by atoms with E-state index in [1.54, 1.807) is 31.1 Å². The number of methoxy groups -OCH3 is 1. The van der Waals surface area contributed by atoms with Crippen molar-refractivity contribution in [3.05, 3.63) is 82.2 Å². The molecule has 0 unspecified atom stereocenters. The summed E-state index contributed by atoms with van der Waals surface area (Å²) < 4.78 is 99.1. The number of amides is 1. The third-order valence-electron chi connectivity index (χ3n) is 7.28. The van der Waals surface area contributed by atoms with Gasteiger partial charge in [-0.2, -0.15) is 31.4 Å². The van der Waals surface area contributed by atoms with Gasteiger partial charge in [0.1, 0.15) is 5.75 Å². The molecular weight excluding hydrogens is 594 g/mol. The molecule has 2 heterocycles. The van der Waals surface area contributed by atoms with Gasteiger partial charge in [-0.15, -0.1) is 0 Å². The Morgan fingerprint density at radius 2 is 1.68 bits per heavy atom. The minimum absolute atomic E-state index is 0.0162. The highest BCUT2D eigenvalue weighted by molar-refractivity contribution is 5.95. The van der Waals surface area contributed by atoms with Crippen LogP contribution in [0.4, 0.5) is 26.3 Å². The summed E-state index contributed by atoms with van der Waals surface area (Å²) in [5.74, 6) is -0.351. The Hall–Kier alpha value is -3.62. The average Bonchev–Trinajstić information content (AvgIpc) is 3.37. The van der Waals surface area contributed by atoms with E-state index >= 15 is 0 Å². The van der Waals surface area contributed by atoms with Crippen LogP contribution in [0.1, 0.15) is 38.2 Å². The molecule has 44 heavy (non-hydrogen) atoms. The minimum atomic E-state index is -5.07. The molecule has 3 aromatic rings. The number of aromatic nitrogens is 2. The summed E-state index contributed by atoms with van der Waals surface area (Å²) in [5.41, 5.74) is -1.20. The zero-order valence-electron chi connectivity index (χ0n) is 24.5. The Kier molecular flexibility index (Phi) is 10.6. The molecule has 1 aliphatic heterocycles. The van der Waals surface area contributed by atoms with Crippen LogP contribution >= 0.6 is 0 Å². The molecule has 1 aliphatic rings. The number of nitrogens with zero attached hydrogens (tertiary/aromatic N) is 4. The fourth-order valence-electron chi connectivity index (χ4n) is 5.07. The molecule has 4 rings (SSSR count). The first kappa shape index (κ1) is 33.3. The number of hydrogen-bond donors (Lipinski definition) is 0. The third kappa shape index (κ3) is 8.73. The second-order valence-electron chi connectivity index (χ2n) is 10.7. The molecular formula is C30H34F6N4O4. The summed E-state index contributed by atoms with van der Waals surface area (Å²) in [7, 11) is 3.34. The molecule has 2 aromatic carbocycles. The predicted octanol–water partition coefficient (Wildman–Crippen LogP) is 5.33. The van der Waals surface area contributed by atoms with Crippen LogP contribution in [0.3, 0.4) is 0 Å². The van der Waals surface area contributed by atoms with Crippen molar-refractivity contribution in [2.45, 2.75) is 38.3 Å². The van der Waals surface area contributed by atoms with Crippen LogP contribution in [0, 0.1) is 6.92 Å². The van der Waals surface area contributed by atoms with Gasteiger partial charge in [-0.25, -0.2) is 0 Å². The van der Waals surface area contributed by atoms with Gasteiger partial charge in [-0.3, -0.25) is 14.4 Å². The van der Waals surface area contributed by atoms with E-state index in [0.717, 1.165) is 16.7 Å². The van der Waals surface area contributed by atoms with E-state index in [1.807, 2.05) is 25.3 Å². The number of carbonyl (C=O) groups is 1. The lowest BCUT2D eigenvalue weighted by atomic mass is 9.98. The molecule has 1 amide bonds. The lowest BCUT2D eigenvalue weighted by Crippen LogP contribution is -2.55. The first-order valence-electron chi connectivity index (χ1n) is 13.8. The van der Waals surface area contributed by atoms with Gasteiger partial charge in [0.2, 0.25) is 0 Å². The summed E-state index contributed by atoms with van der Waals surface area (Å²) in [6, 6.07) is 5.91. The number of piperazine rings is 1. The van der Waals surface area contributed by atoms with Crippen molar-refractivity contribution in [2.24, 2.45) is 7.05 Å². The van der Waals surface area contributed by atoms with E-state index in [2.05, 4.69) is 10.00 Å². The molecule has 14 heteroatoms. The maximum absolute atomic E-state index is 13.7. The normalized spacial score (nSPS) is 16.4. The first-order chi connectivity index (χ1) is 20.7. The third-order valence-corrected chi connectivity index (χ3v) is 7.28. The van der Waals surface area contributed by atoms with Crippen LogP contribution in [0.2, 0.25) is 0 Å². The van der Waals surface area contributed by atoms with Gasteiger partial charge in [-0.1, -0.05) is 12.1 Å². The summed E-state index contributed by atoms with van der Waals surface area (Å²) in [4.78, 5) is 17.1. The largest absolute Gasteiger partial charge is 0.467 e. The van der Waals surface area contributed by atoms with E-state index in [9.17, 15) is 31.1 Å². The standard InChI is InChI=1S/C30H34F6N4O4/c1-20-4-5-21(11-27(20)44-19-43-9-8-42-3)10-26-18-39(17-22-15-37-38(2)16-22)6-7-40(26)28(41)23-12-24(29(31,32)33)14-25(13-23)30(34,35)36/h4-5,11-16,26H,6-10,17-19H2,1-3H3/t26-/m1/s1. The zero-order valence-corrected chi connectivity index (χ0v) is 24.5. The van der Waals surface area contributed by atoms with E-state index in [0.29, 0.717) is 50.7 Å². The summed E-state index contributed by atoms with van der Waals surface area (Å²) in [6.45, 7) is 3.88. The van der Waals surface area contributed by atoms with Crippen molar-refractivity contribution in [3.8, 4) is 5.75 Å². The number of rotatable bonds is 11. The van der Waals surface area contributed by atoms with Crippen LogP contribution in [0.25, 0.3) is 0 Å². The maximum Gasteiger partial charge on any atom is 0.416 e. The quantitative estimate of drug-likeness (QED) is 0.162. The van der Waals surface area contributed by atoms with Crippen LogP contribution in [-0.2, 0) is 41.8 Å². The second kappa shape index (κ2) is 14.0. The van der Waals surface area contributed by atoms with Gasteiger partial charge in [0.25, 0.3) is 5.91 Å². The van der Waals surface area contributed by atoms with Crippen molar-refractivity contribution in [1.82, 2.24) is 19.6 Å². The molecule has 0 N–H and O–H groups in total. The smallest absolute Gasteiger partial charge is 0.416 e. The topological polar surface area (TPSA) is 69.1 Å². The Balaban J connectivity index is 1.62. The van der Waals surface area contributed by atoms with Crippen LogP contribution in [-0.4, -0.2) is 78.3 Å². The summed E-state index contributed by atoms with van der Waals surface area (Å²) in [5, 5.41) is 4.18. The number of alkyl halides is 6. The van der Waals surface area contributed by atoms with E-state index in [4.69, 9.17) is 14.2 Å². The van der Waals surface area contributed by atoms with Crippen molar-refractivity contribution in [2.75, 3.05) is 46.8 Å². The molecule has 1 saturated heterocycles. The van der Waals surface area contributed by atoms with Gasteiger partial charge in [0, 0.05) is 63.7 Å². The van der Waals surface area contributed by atoms with Crippen molar-refractivity contribution < 1.29 is 45.3 Å². The van der Waals surface area contributed by atoms with Crippen LogP contribution < -0.4 is 4.74 Å². The van der Waals surface area contributed by atoms with E-state index in [-0.39, 0.29) is 25.8 Å². The molecule has 0 spiro atoms. The van der Waals surface area contributed by atoms with Gasteiger partial charge in [0.15, 0.2) is 6.79 Å². The van der Waals surface area contributed by atoms with Crippen LogP contribution in [0.5, 0.6) is 5.75 Å². The maximum atomic E-state index is 13.7. The number of benzene rings is 2. The molecule has 8 nitrogen and oxygen atoms in total. The number of carbonyl (C=O) groups excluding carboxylic acids is 1. The molecule has 0 radical (unpaired) electrons. The van der Waals surface area contributed by atoms with Gasteiger partial charge in [-0.05, 0) is 48.7 Å². The highest BCUT2D eigenvalue weighted by atomic mass is 19.4. The summed E-state index contributed by atoms with van der Waals surface area (Å²) >= 11 is 0. The summed E-state index contributed by atoms with van der Waals surface area (Å²) in [6.07, 6.45) is -6.28. The monoisotopic (exact) mass is 628 g/mol. The SMILES string of the molecule is COCCOCOc1cc(C[C@@H]2CN(Cc3cnn(C)c3)CCN2C(=O)c2cc(C(F)(F)F)cc(C(F)(F)F)c2)ccc1C. The van der Waals surface area contributed by atoms with Crippen molar-refractivity contribution >= 4 is 5.91 Å². The number of ether oxygens (including phenoxy) is 3. The van der Waals surface area contributed by atoms with Gasteiger partial charge in [0.05, 0.1) is 30.5 Å². The number of halogens is 6. The lowest BCUT2D eigenvalue weighted by Gasteiger charge is -2.42. The lowest BCUT2D eigenvalue weighted by molar-refractivity contribution is -0.143. The fraction of sp³-hybridized carbons (Fsp3) is 0.467. The fourth-order valence-corrected chi connectivity index (χ4v) is 5.07.